The first-order valence-corrected chi connectivity index (χ1v) is 6.13. The van der Waals surface area contributed by atoms with Gasteiger partial charge in [-0.2, -0.15) is 0 Å². The normalized spacial score (nSPS) is 11.0. The average Bonchev–Trinajstić information content (AvgIpc) is 2.29. The predicted molar refractivity (Wildman–Crippen MR) is 73.6 cm³/mol. The van der Waals surface area contributed by atoms with Crippen molar-refractivity contribution in [2.75, 3.05) is 19.0 Å². The van der Waals surface area contributed by atoms with E-state index in [0.717, 1.165) is 5.56 Å². The Labute approximate surface area is 113 Å². The molecular formula is C14H21NO4. The van der Waals surface area contributed by atoms with E-state index in [9.17, 15) is 4.79 Å². The molecule has 0 spiro atoms. The maximum Gasteiger partial charge on any atom is 0.412 e. The Balaban J connectivity index is 2.84. The number of aliphatic hydroxyl groups excluding tert-OH is 1. The summed E-state index contributed by atoms with van der Waals surface area (Å²) in [5.74, 6) is 0.679. The zero-order valence-corrected chi connectivity index (χ0v) is 11.8. The summed E-state index contributed by atoms with van der Waals surface area (Å²) in [6.07, 6.45) is -0.0839. The standard InChI is InChI=1S/C14H21NO4/c1-14(2,3)19-13(17)15-12-6-5-11(18-4)9-10(12)7-8-16/h5-6,9,16H,7-8H2,1-4H3,(H,15,17). The number of hydrogen-bond acceptors (Lipinski definition) is 4. The minimum Gasteiger partial charge on any atom is -0.497 e. The molecule has 0 aliphatic carbocycles. The van der Waals surface area contributed by atoms with Crippen LogP contribution in [-0.4, -0.2) is 30.5 Å². The van der Waals surface area contributed by atoms with E-state index in [1.165, 1.54) is 0 Å². The van der Waals surface area contributed by atoms with Gasteiger partial charge >= 0.3 is 6.09 Å². The summed E-state index contributed by atoms with van der Waals surface area (Å²) in [7, 11) is 1.57. The van der Waals surface area contributed by atoms with Crippen LogP contribution >= 0.6 is 0 Å². The molecule has 1 aromatic rings. The molecule has 19 heavy (non-hydrogen) atoms. The van der Waals surface area contributed by atoms with Gasteiger partial charge in [0.2, 0.25) is 0 Å². The van der Waals surface area contributed by atoms with Crippen molar-refractivity contribution in [3.63, 3.8) is 0 Å². The van der Waals surface area contributed by atoms with Crippen LogP contribution in [0.4, 0.5) is 10.5 Å². The molecule has 0 saturated heterocycles. The maximum absolute atomic E-state index is 11.7. The van der Waals surface area contributed by atoms with Crippen LogP contribution in [0.25, 0.3) is 0 Å². The van der Waals surface area contributed by atoms with E-state index in [2.05, 4.69) is 5.32 Å². The number of rotatable bonds is 4. The Kier molecular flexibility index (Phi) is 5.18. The molecule has 0 aromatic heterocycles. The molecule has 1 rings (SSSR count). The summed E-state index contributed by atoms with van der Waals surface area (Å²) < 4.78 is 10.3. The minimum atomic E-state index is -0.548. The molecule has 1 amide bonds. The number of aliphatic hydroxyl groups is 1. The molecule has 2 N–H and O–H groups in total. The number of anilines is 1. The lowest BCUT2D eigenvalue weighted by Gasteiger charge is -2.20. The Bertz CT molecular complexity index is 438. The third-order valence-electron chi connectivity index (χ3n) is 2.33. The third kappa shape index (κ3) is 5.18. The minimum absolute atomic E-state index is 0.00380. The first-order valence-electron chi connectivity index (χ1n) is 6.13. The zero-order chi connectivity index (χ0) is 14.5. The summed E-state index contributed by atoms with van der Waals surface area (Å²) in [6.45, 7) is 5.40. The van der Waals surface area contributed by atoms with Gasteiger partial charge in [-0.05, 0) is 51.0 Å². The fraction of sp³-hybridized carbons (Fsp3) is 0.500. The molecule has 5 nitrogen and oxygen atoms in total. The van der Waals surface area contributed by atoms with Crippen LogP contribution in [0.5, 0.6) is 5.75 Å². The Morgan fingerprint density at radius 3 is 2.58 bits per heavy atom. The highest BCUT2D eigenvalue weighted by Gasteiger charge is 2.17. The lowest BCUT2D eigenvalue weighted by Crippen LogP contribution is -2.27. The fourth-order valence-corrected chi connectivity index (χ4v) is 1.56. The number of carbonyl (C=O) groups excluding carboxylic acids is 1. The van der Waals surface area contributed by atoms with Crippen molar-refractivity contribution in [2.24, 2.45) is 0 Å². The predicted octanol–water partition coefficient (Wildman–Crippen LogP) is 2.58. The molecule has 1 aromatic carbocycles. The lowest BCUT2D eigenvalue weighted by atomic mass is 10.1. The van der Waals surface area contributed by atoms with E-state index in [0.29, 0.717) is 17.9 Å². The molecule has 106 valence electrons. The molecule has 0 fully saturated rings. The van der Waals surface area contributed by atoms with E-state index in [1.54, 1.807) is 46.1 Å². The van der Waals surface area contributed by atoms with Gasteiger partial charge < -0.3 is 14.6 Å². The van der Waals surface area contributed by atoms with Crippen molar-refractivity contribution in [2.45, 2.75) is 32.8 Å². The van der Waals surface area contributed by atoms with Crippen LogP contribution in [0.1, 0.15) is 26.3 Å². The van der Waals surface area contributed by atoms with Crippen molar-refractivity contribution in [3.8, 4) is 5.75 Å². The monoisotopic (exact) mass is 267 g/mol. The van der Waals surface area contributed by atoms with Crippen LogP contribution < -0.4 is 10.1 Å². The second-order valence-corrected chi connectivity index (χ2v) is 5.12. The summed E-state index contributed by atoms with van der Waals surface area (Å²) >= 11 is 0. The molecule has 5 heteroatoms. The molecule has 0 aliphatic heterocycles. The largest absolute Gasteiger partial charge is 0.497 e. The van der Waals surface area contributed by atoms with E-state index in [4.69, 9.17) is 14.6 Å². The van der Waals surface area contributed by atoms with Crippen molar-refractivity contribution >= 4 is 11.8 Å². The van der Waals surface area contributed by atoms with Crippen LogP contribution in [0.3, 0.4) is 0 Å². The number of benzene rings is 1. The second-order valence-electron chi connectivity index (χ2n) is 5.12. The lowest BCUT2D eigenvalue weighted by molar-refractivity contribution is 0.0635. The van der Waals surface area contributed by atoms with Crippen LogP contribution in [0, 0.1) is 0 Å². The highest BCUT2D eigenvalue weighted by atomic mass is 16.6. The summed E-state index contributed by atoms with van der Waals surface area (Å²) in [5.41, 5.74) is 0.866. The SMILES string of the molecule is COc1ccc(NC(=O)OC(C)(C)C)c(CCO)c1. The van der Waals surface area contributed by atoms with Crippen molar-refractivity contribution < 1.29 is 19.4 Å². The molecule has 0 heterocycles. The van der Waals surface area contributed by atoms with Crippen molar-refractivity contribution in [1.29, 1.82) is 0 Å². The van der Waals surface area contributed by atoms with E-state index in [1.807, 2.05) is 0 Å². The Hall–Kier alpha value is -1.75. The van der Waals surface area contributed by atoms with Gasteiger partial charge in [0.15, 0.2) is 0 Å². The molecule has 0 unspecified atom stereocenters. The zero-order valence-electron chi connectivity index (χ0n) is 11.8. The number of ether oxygens (including phenoxy) is 2. The van der Waals surface area contributed by atoms with E-state index >= 15 is 0 Å². The van der Waals surface area contributed by atoms with Gasteiger partial charge in [0, 0.05) is 12.3 Å². The molecule has 0 saturated carbocycles. The van der Waals surface area contributed by atoms with Gasteiger partial charge in [0.25, 0.3) is 0 Å². The van der Waals surface area contributed by atoms with Gasteiger partial charge in [-0.3, -0.25) is 5.32 Å². The molecular weight excluding hydrogens is 246 g/mol. The highest BCUT2D eigenvalue weighted by Crippen LogP contribution is 2.23. The van der Waals surface area contributed by atoms with Gasteiger partial charge in [0.05, 0.1) is 7.11 Å². The Morgan fingerprint density at radius 1 is 1.37 bits per heavy atom. The first-order chi connectivity index (χ1) is 8.85. The molecule has 0 atom stereocenters. The number of methoxy groups -OCH3 is 1. The molecule has 0 bridgehead atoms. The van der Waals surface area contributed by atoms with Crippen LogP contribution in [0.15, 0.2) is 18.2 Å². The van der Waals surface area contributed by atoms with E-state index < -0.39 is 11.7 Å². The van der Waals surface area contributed by atoms with E-state index in [-0.39, 0.29) is 6.61 Å². The number of carbonyl (C=O) groups is 1. The van der Waals surface area contributed by atoms with Crippen molar-refractivity contribution in [3.05, 3.63) is 23.8 Å². The average molecular weight is 267 g/mol. The van der Waals surface area contributed by atoms with Crippen LogP contribution in [0.2, 0.25) is 0 Å². The van der Waals surface area contributed by atoms with Gasteiger partial charge in [-0.15, -0.1) is 0 Å². The number of hydrogen-bond donors (Lipinski definition) is 2. The number of amides is 1. The number of nitrogens with one attached hydrogen (secondary N) is 1. The Morgan fingerprint density at radius 2 is 2.05 bits per heavy atom. The summed E-state index contributed by atoms with van der Waals surface area (Å²) in [5, 5.41) is 11.7. The van der Waals surface area contributed by atoms with Crippen molar-refractivity contribution in [1.82, 2.24) is 0 Å². The third-order valence-corrected chi connectivity index (χ3v) is 2.33. The van der Waals surface area contributed by atoms with Crippen LogP contribution in [-0.2, 0) is 11.2 Å². The maximum atomic E-state index is 11.7. The summed E-state index contributed by atoms with van der Waals surface area (Å²) in [6, 6.07) is 5.25. The van der Waals surface area contributed by atoms with Gasteiger partial charge in [-0.25, -0.2) is 4.79 Å². The highest BCUT2D eigenvalue weighted by molar-refractivity contribution is 5.86. The topological polar surface area (TPSA) is 67.8 Å². The summed E-state index contributed by atoms with van der Waals surface area (Å²) in [4.78, 5) is 11.7. The van der Waals surface area contributed by atoms with Gasteiger partial charge in [-0.1, -0.05) is 0 Å². The first kappa shape index (κ1) is 15.3. The molecule has 0 radical (unpaired) electrons. The second kappa shape index (κ2) is 6.43. The molecule has 0 aliphatic rings. The van der Waals surface area contributed by atoms with Gasteiger partial charge in [0.1, 0.15) is 11.4 Å². The fourth-order valence-electron chi connectivity index (χ4n) is 1.56. The smallest absolute Gasteiger partial charge is 0.412 e. The quantitative estimate of drug-likeness (QED) is 0.879.